The Hall–Kier alpha value is -2.04. The second kappa shape index (κ2) is 6.61. The maximum Gasteiger partial charge on any atom is 0.408 e. The van der Waals surface area contributed by atoms with E-state index in [4.69, 9.17) is 4.74 Å². The summed E-state index contributed by atoms with van der Waals surface area (Å²) in [5.41, 5.74) is 1.24. The largest absolute Gasteiger partial charge is 0.480 e. The van der Waals surface area contributed by atoms with E-state index in [1.165, 1.54) is 0 Å². The number of ether oxygens (including phenoxy) is 1. The normalized spacial score (nSPS) is 14.1. The van der Waals surface area contributed by atoms with Gasteiger partial charge >= 0.3 is 12.1 Å². The first-order chi connectivity index (χ1) is 9.60. The van der Waals surface area contributed by atoms with Crippen molar-refractivity contribution in [3.8, 4) is 0 Å². The van der Waals surface area contributed by atoms with Crippen LogP contribution in [-0.4, -0.2) is 28.8 Å². The van der Waals surface area contributed by atoms with E-state index in [0.717, 1.165) is 11.1 Å². The molecule has 0 aliphatic heterocycles. The molecular weight excluding hydrogens is 270 g/mol. The van der Waals surface area contributed by atoms with E-state index in [2.05, 4.69) is 5.32 Å². The number of carboxylic acids is 1. The number of aliphatic carboxylic acids is 1. The van der Waals surface area contributed by atoms with Crippen LogP contribution in [0.3, 0.4) is 0 Å². The summed E-state index contributed by atoms with van der Waals surface area (Å²) in [5, 5.41) is 11.8. The van der Waals surface area contributed by atoms with Crippen molar-refractivity contribution < 1.29 is 19.4 Å². The maximum atomic E-state index is 11.8. The zero-order valence-electron chi connectivity index (χ0n) is 13.1. The number of nitrogens with one attached hydrogen (secondary N) is 1. The highest BCUT2D eigenvalue weighted by atomic mass is 16.6. The minimum atomic E-state index is -1.09. The van der Waals surface area contributed by atoms with Gasteiger partial charge in [-0.1, -0.05) is 36.8 Å². The molecule has 0 saturated carbocycles. The van der Waals surface area contributed by atoms with Gasteiger partial charge < -0.3 is 15.2 Å². The van der Waals surface area contributed by atoms with Crippen LogP contribution in [-0.2, 0) is 9.53 Å². The summed E-state index contributed by atoms with van der Waals surface area (Å²) >= 11 is 0. The van der Waals surface area contributed by atoms with Gasteiger partial charge in [0.05, 0.1) is 0 Å². The van der Waals surface area contributed by atoms with Gasteiger partial charge in [-0.25, -0.2) is 9.59 Å². The number of carbonyl (C=O) groups excluding carboxylic acids is 1. The van der Waals surface area contributed by atoms with Crippen LogP contribution in [0.25, 0.3) is 0 Å². The molecule has 0 fully saturated rings. The highest BCUT2D eigenvalue weighted by molar-refractivity contribution is 5.81. The van der Waals surface area contributed by atoms with E-state index in [1.54, 1.807) is 27.7 Å². The standard InChI is InChI=1S/C16H23NO4/c1-10-7-6-8-12(9-10)11(2)13(14(18)19)17-15(20)21-16(3,4)5/h6-9,11,13H,1-5H3,(H,17,20)(H,18,19). The third-order valence-corrected chi connectivity index (χ3v) is 3.01. The van der Waals surface area contributed by atoms with Crippen molar-refractivity contribution in [2.45, 2.75) is 52.2 Å². The molecular formula is C16H23NO4. The van der Waals surface area contributed by atoms with Gasteiger partial charge in [-0.3, -0.25) is 0 Å². The summed E-state index contributed by atoms with van der Waals surface area (Å²) in [6, 6.07) is 6.53. The SMILES string of the molecule is Cc1cccc(C(C)C(NC(=O)OC(C)(C)C)C(=O)O)c1. The minimum absolute atomic E-state index is 0.366. The minimum Gasteiger partial charge on any atom is -0.480 e. The van der Waals surface area contributed by atoms with E-state index in [0.29, 0.717) is 0 Å². The van der Waals surface area contributed by atoms with Crippen LogP contribution in [0.5, 0.6) is 0 Å². The molecule has 0 spiro atoms. The van der Waals surface area contributed by atoms with Gasteiger partial charge in [0, 0.05) is 5.92 Å². The fraction of sp³-hybridized carbons (Fsp3) is 0.500. The van der Waals surface area contributed by atoms with Crippen LogP contribution < -0.4 is 5.32 Å². The maximum absolute atomic E-state index is 11.8. The van der Waals surface area contributed by atoms with Gasteiger partial charge in [0.15, 0.2) is 0 Å². The molecule has 0 aliphatic rings. The number of carboxylic acid groups (broad SMARTS) is 1. The smallest absolute Gasteiger partial charge is 0.408 e. The van der Waals surface area contributed by atoms with Crippen LogP contribution >= 0.6 is 0 Å². The Kier molecular flexibility index (Phi) is 5.35. The van der Waals surface area contributed by atoms with E-state index in [-0.39, 0.29) is 5.92 Å². The molecule has 1 aromatic carbocycles. The summed E-state index contributed by atoms with van der Waals surface area (Å²) in [5.74, 6) is -1.45. The number of carbonyl (C=O) groups is 2. The number of aryl methyl sites for hydroxylation is 1. The average Bonchev–Trinajstić information content (AvgIpc) is 2.32. The summed E-state index contributed by atoms with van der Waals surface area (Å²) in [6.07, 6.45) is -0.727. The predicted octanol–water partition coefficient (Wildman–Crippen LogP) is 3.08. The summed E-state index contributed by atoms with van der Waals surface area (Å²) in [4.78, 5) is 23.2. The lowest BCUT2D eigenvalue weighted by atomic mass is 9.92. The molecule has 0 bridgehead atoms. The molecule has 0 heterocycles. The number of hydrogen-bond donors (Lipinski definition) is 2. The van der Waals surface area contributed by atoms with E-state index in [9.17, 15) is 14.7 Å². The number of hydrogen-bond acceptors (Lipinski definition) is 3. The number of alkyl carbamates (subject to hydrolysis) is 1. The lowest BCUT2D eigenvalue weighted by Crippen LogP contribution is -2.46. The Morgan fingerprint density at radius 3 is 2.38 bits per heavy atom. The van der Waals surface area contributed by atoms with Crippen LogP contribution in [0.1, 0.15) is 44.7 Å². The van der Waals surface area contributed by atoms with Crippen LogP contribution in [0.2, 0.25) is 0 Å². The molecule has 5 nitrogen and oxygen atoms in total. The quantitative estimate of drug-likeness (QED) is 0.894. The number of amides is 1. The lowest BCUT2D eigenvalue weighted by molar-refractivity contribution is -0.140. The van der Waals surface area contributed by atoms with Gasteiger partial charge in [0.2, 0.25) is 0 Å². The van der Waals surface area contributed by atoms with Crippen molar-refractivity contribution in [2.24, 2.45) is 0 Å². The fourth-order valence-corrected chi connectivity index (χ4v) is 1.98. The summed E-state index contributed by atoms with van der Waals surface area (Å²) in [7, 11) is 0. The Morgan fingerprint density at radius 1 is 1.29 bits per heavy atom. The third-order valence-electron chi connectivity index (χ3n) is 3.01. The van der Waals surface area contributed by atoms with E-state index in [1.807, 2.05) is 31.2 Å². The Balaban J connectivity index is 2.87. The van der Waals surface area contributed by atoms with Gasteiger partial charge in [-0.15, -0.1) is 0 Å². The van der Waals surface area contributed by atoms with Gasteiger partial charge in [0.25, 0.3) is 0 Å². The molecule has 116 valence electrons. The molecule has 0 aromatic heterocycles. The molecule has 2 N–H and O–H groups in total. The van der Waals surface area contributed by atoms with Crippen molar-refractivity contribution in [2.75, 3.05) is 0 Å². The van der Waals surface area contributed by atoms with Crippen molar-refractivity contribution in [3.05, 3.63) is 35.4 Å². The van der Waals surface area contributed by atoms with Crippen molar-refractivity contribution in [3.63, 3.8) is 0 Å². The zero-order valence-corrected chi connectivity index (χ0v) is 13.1. The molecule has 1 amide bonds. The molecule has 1 rings (SSSR count). The third kappa shape index (κ3) is 5.45. The molecule has 1 aromatic rings. The Labute approximate surface area is 125 Å². The first-order valence-corrected chi connectivity index (χ1v) is 6.89. The first-order valence-electron chi connectivity index (χ1n) is 6.89. The molecule has 21 heavy (non-hydrogen) atoms. The van der Waals surface area contributed by atoms with E-state index < -0.39 is 23.7 Å². The molecule has 0 radical (unpaired) electrons. The highest BCUT2D eigenvalue weighted by Crippen LogP contribution is 2.21. The summed E-state index contributed by atoms with van der Waals surface area (Å²) < 4.78 is 5.11. The Bertz CT molecular complexity index is 519. The number of rotatable bonds is 4. The molecule has 2 unspecified atom stereocenters. The molecule has 2 atom stereocenters. The second-order valence-electron chi connectivity index (χ2n) is 6.16. The fourth-order valence-electron chi connectivity index (χ4n) is 1.98. The van der Waals surface area contributed by atoms with Crippen molar-refractivity contribution in [1.82, 2.24) is 5.32 Å². The molecule has 5 heteroatoms. The summed E-state index contributed by atoms with van der Waals surface area (Å²) in [6.45, 7) is 8.89. The van der Waals surface area contributed by atoms with Crippen LogP contribution in [0.15, 0.2) is 24.3 Å². The van der Waals surface area contributed by atoms with Crippen molar-refractivity contribution in [1.29, 1.82) is 0 Å². The van der Waals surface area contributed by atoms with Gasteiger partial charge in [-0.2, -0.15) is 0 Å². The average molecular weight is 293 g/mol. The van der Waals surface area contributed by atoms with Crippen LogP contribution in [0.4, 0.5) is 4.79 Å². The predicted molar refractivity (Wildman–Crippen MR) is 80.4 cm³/mol. The molecule has 0 aliphatic carbocycles. The molecule has 0 saturated heterocycles. The van der Waals surface area contributed by atoms with Gasteiger partial charge in [0.1, 0.15) is 11.6 Å². The second-order valence-corrected chi connectivity index (χ2v) is 6.16. The monoisotopic (exact) mass is 293 g/mol. The highest BCUT2D eigenvalue weighted by Gasteiger charge is 2.29. The number of benzene rings is 1. The van der Waals surface area contributed by atoms with Crippen molar-refractivity contribution >= 4 is 12.1 Å². The van der Waals surface area contributed by atoms with Crippen LogP contribution in [0, 0.1) is 6.92 Å². The van der Waals surface area contributed by atoms with E-state index >= 15 is 0 Å². The van der Waals surface area contributed by atoms with Gasteiger partial charge in [-0.05, 0) is 33.3 Å². The topological polar surface area (TPSA) is 75.6 Å². The lowest BCUT2D eigenvalue weighted by Gasteiger charge is -2.25. The zero-order chi connectivity index (χ0) is 16.2. The Morgan fingerprint density at radius 2 is 1.90 bits per heavy atom. The first kappa shape index (κ1) is 17.0.